The van der Waals surface area contributed by atoms with Gasteiger partial charge in [-0.25, -0.2) is 4.98 Å². The number of aryl methyl sites for hydroxylation is 2. The highest BCUT2D eigenvalue weighted by Crippen LogP contribution is 2.34. The zero-order valence-corrected chi connectivity index (χ0v) is 18.4. The van der Waals surface area contributed by atoms with E-state index in [1.54, 1.807) is 11.3 Å². The van der Waals surface area contributed by atoms with Gasteiger partial charge in [0.05, 0.1) is 26.6 Å². The zero-order valence-electron chi connectivity index (χ0n) is 16.7. The van der Waals surface area contributed by atoms with Crippen molar-refractivity contribution in [2.45, 2.75) is 45.6 Å². The average Bonchev–Trinajstić information content (AvgIpc) is 3.46. The minimum absolute atomic E-state index is 0.482. The fourth-order valence-corrected chi connectivity index (χ4v) is 6.18. The van der Waals surface area contributed by atoms with E-state index in [4.69, 9.17) is 9.40 Å². The smallest absolute Gasteiger partial charge is 0.257 e. The number of rotatable bonds is 5. The number of aromatic nitrogens is 3. The molecule has 3 aromatic heterocycles. The molecular formula is C22H24N4OS2. The van der Waals surface area contributed by atoms with Gasteiger partial charge in [-0.2, -0.15) is 0 Å². The van der Waals surface area contributed by atoms with E-state index in [2.05, 4.69) is 59.3 Å². The maximum absolute atomic E-state index is 6.01. The predicted molar refractivity (Wildman–Crippen MR) is 119 cm³/mol. The minimum atomic E-state index is 0.482. The Bertz CT molecular complexity index is 1100. The summed E-state index contributed by atoms with van der Waals surface area (Å²) in [4.78, 5) is 9.76. The largest absolute Gasteiger partial charge is 0.419 e. The van der Waals surface area contributed by atoms with E-state index >= 15 is 0 Å². The lowest BCUT2D eigenvalue weighted by Crippen LogP contribution is -2.33. The number of benzene rings is 1. The van der Waals surface area contributed by atoms with Gasteiger partial charge in [-0.05, 0) is 56.5 Å². The van der Waals surface area contributed by atoms with Crippen molar-refractivity contribution in [3.05, 3.63) is 51.7 Å². The molecule has 1 aliphatic heterocycles. The SMILES string of the molecule is CCc1sc(-c2nnc(CN3CCC[C@@H](c4nc5ccccc5s4)C3)o2)cc1C. The van der Waals surface area contributed by atoms with Gasteiger partial charge in [0.25, 0.3) is 5.89 Å². The Balaban J connectivity index is 1.28. The van der Waals surface area contributed by atoms with Crippen LogP contribution in [0.5, 0.6) is 0 Å². The van der Waals surface area contributed by atoms with Crippen LogP contribution in [0.2, 0.25) is 0 Å². The molecule has 29 heavy (non-hydrogen) atoms. The lowest BCUT2D eigenvalue weighted by Gasteiger charge is -2.30. The summed E-state index contributed by atoms with van der Waals surface area (Å²) in [7, 11) is 0. The summed E-state index contributed by atoms with van der Waals surface area (Å²) in [5.74, 6) is 1.83. The van der Waals surface area contributed by atoms with Gasteiger partial charge in [0, 0.05) is 17.3 Å². The van der Waals surface area contributed by atoms with E-state index < -0.39 is 0 Å². The van der Waals surface area contributed by atoms with Crippen LogP contribution >= 0.6 is 22.7 Å². The van der Waals surface area contributed by atoms with E-state index in [0.29, 0.717) is 24.2 Å². The van der Waals surface area contributed by atoms with E-state index in [0.717, 1.165) is 29.9 Å². The van der Waals surface area contributed by atoms with Gasteiger partial charge in [-0.3, -0.25) is 4.90 Å². The molecule has 5 rings (SSSR count). The second-order valence-electron chi connectivity index (χ2n) is 7.67. The first-order valence-corrected chi connectivity index (χ1v) is 11.8. The number of piperidine rings is 1. The van der Waals surface area contributed by atoms with Crippen LogP contribution in [0.3, 0.4) is 0 Å². The first-order valence-electron chi connectivity index (χ1n) is 10.2. The highest BCUT2D eigenvalue weighted by atomic mass is 32.1. The van der Waals surface area contributed by atoms with Crippen LogP contribution in [0.25, 0.3) is 21.0 Å². The molecular weight excluding hydrogens is 400 g/mol. The molecule has 5 nitrogen and oxygen atoms in total. The second-order valence-corrected chi connectivity index (χ2v) is 9.86. The second kappa shape index (κ2) is 7.97. The van der Waals surface area contributed by atoms with Crippen molar-refractivity contribution in [1.29, 1.82) is 0 Å². The number of para-hydroxylation sites is 1. The monoisotopic (exact) mass is 424 g/mol. The molecule has 7 heteroatoms. The fourth-order valence-electron chi connectivity index (χ4n) is 4.05. The maximum atomic E-state index is 6.01. The Morgan fingerprint density at radius 1 is 1.21 bits per heavy atom. The van der Waals surface area contributed by atoms with Gasteiger partial charge in [0.2, 0.25) is 5.89 Å². The molecule has 0 radical (unpaired) electrons. The zero-order chi connectivity index (χ0) is 19.8. The highest BCUT2D eigenvalue weighted by Gasteiger charge is 2.25. The third kappa shape index (κ3) is 3.86. The molecule has 0 amide bonds. The predicted octanol–water partition coefficient (Wildman–Crippen LogP) is 5.66. The number of hydrogen-bond donors (Lipinski definition) is 0. The highest BCUT2D eigenvalue weighted by molar-refractivity contribution is 7.18. The summed E-state index contributed by atoms with van der Waals surface area (Å²) in [6, 6.07) is 10.6. The van der Waals surface area contributed by atoms with Gasteiger partial charge in [0.15, 0.2) is 0 Å². The Morgan fingerprint density at radius 3 is 2.93 bits per heavy atom. The molecule has 150 valence electrons. The topological polar surface area (TPSA) is 55.1 Å². The Hall–Kier alpha value is -2.09. The number of thiazole rings is 1. The van der Waals surface area contributed by atoms with Crippen LogP contribution in [-0.4, -0.2) is 33.2 Å². The van der Waals surface area contributed by atoms with Crippen molar-refractivity contribution in [2.75, 3.05) is 13.1 Å². The van der Waals surface area contributed by atoms with Crippen LogP contribution < -0.4 is 0 Å². The average molecular weight is 425 g/mol. The van der Waals surface area contributed by atoms with Crippen LogP contribution in [0, 0.1) is 6.92 Å². The number of thiophene rings is 1. The minimum Gasteiger partial charge on any atom is -0.419 e. The van der Waals surface area contributed by atoms with Crippen LogP contribution in [0.4, 0.5) is 0 Å². The van der Waals surface area contributed by atoms with Crippen molar-refractivity contribution < 1.29 is 4.42 Å². The van der Waals surface area contributed by atoms with Crippen LogP contribution in [0.1, 0.15) is 47.0 Å². The van der Waals surface area contributed by atoms with E-state index in [1.807, 2.05) is 11.3 Å². The number of nitrogens with zero attached hydrogens (tertiary/aromatic N) is 4. The third-order valence-corrected chi connectivity index (χ3v) is 8.11. The van der Waals surface area contributed by atoms with Gasteiger partial charge in [-0.1, -0.05) is 19.1 Å². The Labute approximate surface area is 178 Å². The first kappa shape index (κ1) is 18.9. The molecule has 0 saturated carbocycles. The lowest BCUT2D eigenvalue weighted by molar-refractivity contribution is 0.184. The van der Waals surface area contributed by atoms with Crippen molar-refractivity contribution in [2.24, 2.45) is 0 Å². The normalized spacial score (nSPS) is 17.9. The molecule has 0 aliphatic carbocycles. The molecule has 1 fully saturated rings. The summed E-state index contributed by atoms with van der Waals surface area (Å²) in [6.45, 7) is 7.10. The third-order valence-electron chi connectivity index (χ3n) is 5.54. The summed E-state index contributed by atoms with van der Waals surface area (Å²) in [5.41, 5.74) is 2.42. The Kier molecular flexibility index (Phi) is 5.20. The van der Waals surface area contributed by atoms with E-state index in [1.165, 1.54) is 33.0 Å². The molecule has 1 aliphatic rings. The van der Waals surface area contributed by atoms with Crippen molar-refractivity contribution >= 4 is 32.9 Å². The van der Waals surface area contributed by atoms with Gasteiger partial charge in [-0.15, -0.1) is 32.9 Å². The lowest BCUT2D eigenvalue weighted by atomic mass is 9.99. The molecule has 0 unspecified atom stereocenters. The number of likely N-dealkylation sites (tertiary alicyclic amines) is 1. The number of fused-ring (bicyclic) bond motifs is 1. The first-order chi connectivity index (χ1) is 14.2. The van der Waals surface area contributed by atoms with E-state index in [9.17, 15) is 0 Å². The van der Waals surface area contributed by atoms with Crippen LogP contribution in [0.15, 0.2) is 34.7 Å². The molecule has 1 saturated heterocycles. The van der Waals surface area contributed by atoms with Crippen molar-refractivity contribution in [3.8, 4) is 10.8 Å². The molecule has 4 aromatic rings. The summed E-state index contributed by atoms with van der Waals surface area (Å²) < 4.78 is 7.28. The summed E-state index contributed by atoms with van der Waals surface area (Å²) >= 11 is 3.59. The van der Waals surface area contributed by atoms with Gasteiger partial charge >= 0.3 is 0 Å². The van der Waals surface area contributed by atoms with Crippen molar-refractivity contribution in [3.63, 3.8) is 0 Å². The molecule has 1 atom stereocenters. The Morgan fingerprint density at radius 2 is 2.10 bits per heavy atom. The van der Waals surface area contributed by atoms with Gasteiger partial charge < -0.3 is 4.42 Å². The molecule has 0 N–H and O–H groups in total. The van der Waals surface area contributed by atoms with Crippen molar-refractivity contribution in [1.82, 2.24) is 20.1 Å². The molecule has 4 heterocycles. The van der Waals surface area contributed by atoms with Gasteiger partial charge in [0.1, 0.15) is 0 Å². The van der Waals surface area contributed by atoms with E-state index in [-0.39, 0.29) is 0 Å². The molecule has 0 spiro atoms. The summed E-state index contributed by atoms with van der Waals surface area (Å²) in [5, 5.41) is 9.88. The maximum Gasteiger partial charge on any atom is 0.257 e. The molecule has 0 bridgehead atoms. The number of hydrogen-bond acceptors (Lipinski definition) is 7. The quantitative estimate of drug-likeness (QED) is 0.414. The summed E-state index contributed by atoms with van der Waals surface area (Å²) in [6.07, 6.45) is 3.41. The standard InChI is InChI=1S/C22H24N4OS2/c1-3-17-14(2)11-19(28-17)21-25-24-20(27-21)13-26-10-6-7-15(12-26)22-23-16-8-4-5-9-18(16)29-22/h4-5,8-9,11,15H,3,6-7,10,12-13H2,1-2H3/t15-/m1/s1. The fraction of sp³-hybridized carbons (Fsp3) is 0.409. The molecule has 1 aromatic carbocycles. The van der Waals surface area contributed by atoms with Crippen LogP contribution in [-0.2, 0) is 13.0 Å².